The van der Waals surface area contributed by atoms with E-state index in [1.807, 2.05) is 13.2 Å². The van der Waals surface area contributed by atoms with Gasteiger partial charge in [0, 0.05) is 6.54 Å². The Bertz CT molecular complexity index is 383. The molecule has 1 N–H and O–H groups in total. The zero-order valence-electron chi connectivity index (χ0n) is 9.67. The van der Waals surface area contributed by atoms with E-state index < -0.39 is 0 Å². The smallest absolute Gasteiger partial charge is 0.317 e. The predicted molar refractivity (Wildman–Crippen MR) is 68.6 cm³/mol. The number of hydrogen-bond donors (Lipinski definition) is 1. The van der Waals surface area contributed by atoms with Crippen molar-refractivity contribution in [3.63, 3.8) is 0 Å². The summed E-state index contributed by atoms with van der Waals surface area (Å²) in [5.41, 5.74) is 0. The van der Waals surface area contributed by atoms with Gasteiger partial charge in [0.05, 0.1) is 6.54 Å². The lowest BCUT2D eigenvalue weighted by molar-refractivity contribution is -0.108. The Morgan fingerprint density at radius 1 is 1.59 bits per heavy atom. The lowest BCUT2D eigenvalue weighted by Gasteiger charge is -2.18. The number of nitrogens with zero attached hydrogens (tertiary/aromatic N) is 3. The van der Waals surface area contributed by atoms with Crippen molar-refractivity contribution < 1.29 is 9.59 Å². The summed E-state index contributed by atoms with van der Waals surface area (Å²) < 4.78 is 0.790. The molecule has 1 heterocycles. The first kappa shape index (κ1) is 13.9. The molecule has 0 unspecified atom stereocenters. The van der Waals surface area contributed by atoms with Gasteiger partial charge in [-0.2, -0.15) is 0 Å². The Kier molecular flexibility index (Phi) is 5.92. The highest BCUT2D eigenvalue weighted by Crippen LogP contribution is 2.23. The second-order valence-electron chi connectivity index (χ2n) is 3.12. The van der Waals surface area contributed by atoms with Gasteiger partial charge in [-0.1, -0.05) is 30.0 Å². The number of carbonyl (C=O) groups excluding carboxylic acids is 2. The molecule has 0 aliphatic carbocycles. The summed E-state index contributed by atoms with van der Waals surface area (Å²) in [7, 11) is 0. The number of rotatable bonds is 6. The molecular weight excluding hydrogens is 260 g/mol. The maximum Gasteiger partial charge on any atom is 0.324 e. The SMILES string of the molecule is CCCN(CC=O)C(=O)Nc1nnc(SC)s1. The Balaban J connectivity index is 2.58. The Hall–Kier alpha value is -1.15. The topological polar surface area (TPSA) is 75.2 Å². The predicted octanol–water partition coefficient (Wildman–Crippen LogP) is 1.70. The van der Waals surface area contributed by atoms with Crippen LogP contribution in [-0.4, -0.2) is 46.8 Å². The van der Waals surface area contributed by atoms with Gasteiger partial charge in [-0.05, 0) is 12.7 Å². The summed E-state index contributed by atoms with van der Waals surface area (Å²) in [4.78, 5) is 23.7. The number of urea groups is 1. The van der Waals surface area contributed by atoms with Gasteiger partial charge in [0.1, 0.15) is 6.29 Å². The molecular formula is C9H14N4O2S2. The number of thioether (sulfide) groups is 1. The zero-order valence-corrected chi connectivity index (χ0v) is 11.3. The maximum atomic E-state index is 11.8. The van der Waals surface area contributed by atoms with E-state index in [2.05, 4.69) is 15.5 Å². The van der Waals surface area contributed by atoms with E-state index in [-0.39, 0.29) is 12.6 Å². The highest BCUT2D eigenvalue weighted by molar-refractivity contribution is 8.00. The van der Waals surface area contributed by atoms with Crippen molar-refractivity contribution in [1.29, 1.82) is 0 Å². The molecule has 0 aromatic carbocycles. The third kappa shape index (κ3) is 4.31. The molecule has 0 aliphatic heterocycles. The number of hydrogen-bond acceptors (Lipinski definition) is 6. The van der Waals surface area contributed by atoms with E-state index in [1.54, 1.807) is 0 Å². The Morgan fingerprint density at radius 3 is 2.88 bits per heavy atom. The van der Waals surface area contributed by atoms with Crippen molar-refractivity contribution in [3.05, 3.63) is 0 Å². The van der Waals surface area contributed by atoms with E-state index >= 15 is 0 Å². The molecule has 1 aromatic heterocycles. The minimum atomic E-state index is -0.317. The molecule has 1 rings (SSSR count). The fourth-order valence-electron chi connectivity index (χ4n) is 1.15. The number of aldehydes is 1. The average molecular weight is 274 g/mol. The fourth-order valence-corrected chi connectivity index (χ4v) is 2.31. The van der Waals surface area contributed by atoms with Crippen LogP contribution >= 0.6 is 23.1 Å². The van der Waals surface area contributed by atoms with Crippen molar-refractivity contribution in [2.45, 2.75) is 17.7 Å². The molecule has 8 heteroatoms. The summed E-state index contributed by atoms with van der Waals surface area (Å²) in [5, 5.41) is 10.8. The molecule has 2 amide bonds. The van der Waals surface area contributed by atoms with E-state index in [0.29, 0.717) is 18.0 Å². The van der Waals surface area contributed by atoms with Gasteiger partial charge in [0.15, 0.2) is 4.34 Å². The molecule has 6 nitrogen and oxygen atoms in total. The minimum absolute atomic E-state index is 0.0911. The van der Waals surface area contributed by atoms with E-state index in [1.165, 1.54) is 28.0 Å². The zero-order chi connectivity index (χ0) is 12.7. The number of anilines is 1. The third-order valence-corrected chi connectivity index (χ3v) is 3.68. The second kappa shape index (κ2) is 7.23. The fraction of sp³-hybridized carbons (Fsp3) is 0.556. The quantitative estimate of drug-likeness (QED) is 0.485. The summed E-state index contributed by atoms with van der Waals surface area (Å²) >= 11 is 2.78. The van der Waals surface area contributed by atoms with Crippen LogP contribution in [0.3, 0.4) is 0 Å². The van der Waals surface area contributed by atoms with E-state index in [4.69, 9.17) is 0 Å². The highest BCUT2D eigenvalue weighted by atomic mass is 32.2. The second-order valence-corrected chi connectivity index (χ2v) is 5.15. The lowest BCUT2D eigenvalue weighted by atomic mass is 10.4. The third-order valence-electron chi connectivity index (χ3n) is 1.87. The molecule has 0 spiro atoms. The van der Waals surface area contributed by atoms with Gasteiger partial charge in [-0.25, -0.2) is 4.79 Å². The van der Waals surface area contributed by atoms with Crippen molar-refractivity contribution in [2.75, 3.05) is 24.7 Å². The minimum Gasteiger partial charge on any atom is -0.317 e. The largest absolute Gasteiger partial charge is 0.324 e. The van der Waals surface area contributed by atoms with Crippen molar-refractivity contribution in [3.8, 4) is 0 Å². The molecule has 94 valence electrons. The maximum absolute atomic E-state index is 11.8. The van der Waals surface area contributed by atoms with Gasteiger partial charge in [0.2, 0.25) is 5.13 Å². The Morgan fingerprint density at radius 2 is 2.35 bits per heavy atom. The summed E-state index contributed by atoms with van der Waals surface area (Å²) in [6.07, 6.45) is 3.40. The van der Waals surface area contributed by atoms with Crippen LogP contribution in [0.15, 0.2) is 4.34 Å². The average Bonchev–Trinajstić information content (AvgIpc) is 2.76. The number of carbonyl (C=O) groups is 2. The molecule has 17 heavy (non-hydrogen) atoms. The van der Waals surface area contributed by atoms with E-state index in [9.17, 15) is 9.59 Å². The molecule has 0 atom stereocenters. The van der Waals surface area contributed by atoms with Crippen LogP contribution in [0.2, 0.25) is 0 Å². The van der Waals surface area contributed by atoms with Gasteiger partial charge in [0.25, 0.3) is 0 Å². The first-order chi connectivity index (χ1) is 8.21. The van der Waals surface area contributed by atoms with Crippen molar-refractivity contribution in [2.24, 2.45) is 0 Å². The van der Waals surface area contributed by atoms with Crippen LogP contribution in [0.25, 0.3) is 0 Å². The molecule has 0 fully saturated rings. The lowest BCUT2D eigenvalue weighted by Crippen LogP contribution is -2.36. The monoisotopic (exact) mass is 274 g/mol. The number of aromatic nitrogens is 2. The standard InChI is InChI=1S/C9H14N4O2S2/c1-3-4-13(5-6-14)8(15)10-7-11-12-9(16-2)17-7/h6H,3-5H2,1-2H3,(H,10,11,15). The normalized spacial score (nSPS) is 10.0. The van der Waals surface area contributed by atoms with Crippen LogP contribution in [0.5, 0.6) is 0 Å². The van der Waals surface area contributed by atoms with Crippen LogP contribution in [0.1, 0.15) is 13.3 Å². The molecule has 0 bridgehead atoms. The summed E-state index contributed by atoms with van der Waals surface area (Å²) in [6.45, 7) is 2.58. The number of amides is 2. The highest BCUT2D eigenvalue weighted by Gasteiger charge is 2.14. The van der Waals surface area contributed by atoms with Crippen molar-refractivity contribution >= 4 is 40.5 Å². The summed E-state index contributed by atoms with van der Waals surface area (Å²) in [6, 6.07) is -0.317. The van der Waals surface area contributed by atoms with Gasteiger partial charge in [-0.15, -0.1) is 10.2 Å². The van der Waals surface area contributed by atoms with Gasteiger partial charge < -0.3 is 9.69 Å². The van der Waals surface area contributed by atoms with Crippen LogP contribution in [0.4, 0.5) is 9.93 Å². The van der Waals surface area contributed by atoms with Crippen LogP contribution in [-0.2, 0) is 4.79 Å². The summed E-state index contributed by atoms with van der Waals surface area (Å²) in [5.74, 6) is 0. The molecule has 0 aliphatic rings. The molecule has 0 saturated heterocycles. The van der Waals surface area contributed by atoms with E-state index in [0.717, 1.165) is 10.8 Å². The van der Waals surface area contributed by atoms with Crippen LogP contribution in [0, 0.1) is 0 Å². The van der Waals surface area contributed by atoms with Gasteiger partial charge >= 0.3 is 6.03 Å². The van der Waals surface area contributed by atoms with Crippen molar-refractivity contribution in [1.82, 2.24) is 15.1 Å². The van der Waals surface area contributed by atoms with Gasteiger partial charge in [-0.3, -0.25) is 5.32 Å². The Labute approximate surface area is 108 Å². The van der Waals surface area contributed by atoms with Crippen LogP contribution < -0.4 is 5.32 Å². The molecule has 0 radical (unpaired) electrons. The first-order valence-corrected chi connectivity index (χ1v) is 7.12. The molecule has 0 saturated carbocycles. The number of nitrogens with one attached hydrogen (secondary N) is 1. The molecule has 1 aromatic rings. The first-order valence-electron chi connectivity index (χ1n) is 5.08.